The zero-order valence-electron chi connectivity index (χ0n) is 18.4. The Balaban J connectivity index is 1.93. The van der Waals surface area contributed by atoms with Gasteiger partial charge in [0, 0.05) is 34.8 Å². The fraction of sp³-hybridized carbons (Fsp3) is 0.480. The third kappa shape index (κ3) is 3.44. The molecule has 1 aromatic carbocycles. The number of pyridine rings is 1. The van der Waals surface area contributed by atoms with E-state index in [0.29, 0.717) is 18.4 Å². The monoisotopic (exact) mass is 391 g/mol. The Morgan fingerprint density at radius 3 is 2.52 bits per heavy atom. The molecule has 1 aliphatic heterocycles. The second-order valence-electron chi connectivity index (χ2n) is 8.78. The van der Waals surface area contributed by atoms with Crippen LogP contribution in [0.15, 0.2) is 29.2 Å². The molecular weight excluding hydrogens is 358 g/mol. The maximum absolute atomic E-state index is 12.6. The highest BCUT2D eigenvalue weighted by Crippen LogP contribution is 2.38. The average Bonchev–Trinajstić information content (AvgIpc) is 3.11. The average molecular weight is 392 g/mol. The number of hydrogen-bond acceptors (Lipinski definition) is 2. The van der Waals surface area contributed by atoms with E-state index in [0.717, 1.165) is 29.8 Å². The van der Waals surface area contributed by atoms with Crippen LogP contribution in [0.5, 0.6) is 0 Å². The number of nitrogens with zero attached hydrogens (tertiary/aromatic N) is 1. The summed E-state index contributed by atoms with van der Waals surface area (Å²) >= 11 is 0. The van der Waals surface area contributed by atoms with Crippen molar-refractivity contribution in [3.63, 3.8) is 0 Å². The first-order chi connectivity index (χ1) is 13.9. The summed E-state index contributed by atoms with van der Waals surface area (Å²) in [5, 5.41) is 4.80. The molecule has 4 nitrogen and oxygen atoms in total. The largest absolute Gasteiger partial charge is 0.354 e. The SMILES string of the molecule is CCn1cc(-c2[nH]c3ccc(C4CCNCC4)cc3c2C(C)C)c(C)c(C)c1=O. The fourth-order valence-electron chi connectivity index (χ4n) is 4.83. The zero-order chi connectivity index (χ0) is 20.7. The lowest BCUT2D eigenvalue weighted by molar-refractivity contribution is 0.460. The molecule has 0 atom stereocenters. The van der Waals surface area contributed by atoms with Crippen molar-refractivity contribution >= 4 is 10.9 Å². The molecule has 2 aromatic heterocycles. The number of H-pyrrole nitrogens is 1. The molecule has 4 rings (SSSR count). The molecule has 1 aliphatic rings. The lowest BCUT2D eigenvalue weighted by Gasteiger charge is -2.23. The molecule has 0 unspecified atom stereocenters. The van der Waals surface area contributed by atoms with Crippen molar-refractivity contribution in [2.45, 2.75) is 65.8 Å². The van der Waals surface area contributed by atoms with E-state index in [-0.39, 0.29) is 5.56 Å². The Morgan fingerprint density at radius 1 is 1.14 bits per heavy atom. The van der Waals surface area contributed by atoms with Gasteiger partial charge in [-0.25, -0.2) is 0 Å². The molecule has 0 saturated carbocycles. The molecule has 154 valence electrons. The van der Waals surface area contributed by atoms with Crippen molar-refractivity contribution in [3.8, 4) is 11.3 Å². The summed E-state index contributed by atoms with van der Waals surface area (Å²) < 4.78 is 1.83. The third-order valence-corrected chi connectivity index (χ3v) is 6.69. The summed E-state index contributed by atoms with van der Waals surface area (Å²) in [6.45, 7) is 13.5. The van der Waals surface area contributed by atoms with Gasteiger partial charge in [0.05, 0.1) is 5.69 Å². The van der Waals surface area contributed by atoms with Crippen LogP contribution in [0.2, 0.25) is 0 Å². The van der Waals surface area contributed by atoms with E-state index >= 15 is 0 Å². The van der Waals surface area contributed by atoms with Crippen molar-refractivity contribution in [1.29, 1.82) is 0 Å². The zero-order valence-corrected chi connectivity index (χ0v) is 18.4. The molecule has 29 heavy (non-hydrogen) atoms. The lowest BCUT2D eigenvalue weighted by atomic mass is 9.88. The summed E-state index contributed by atoms with van der Waals surface area (Å²) in [7, 11) is 0. The second-order valence-corrected chi connectivity index (χ2v) is 8.78. The van der Waals surface area contributed by atoms with Crippen LogP contribution in [-0.4, -0.2) is 22.6 Å². The summed E-state index contributed by atoms with van der Waals surface area (Å²) in [6.07, 6.45) is 4.45. The number of fused-ring (bicyclic) bond motifs is 1. The van der Waals surface area contributed by atoms with Gasteiger partial charge in [0.1, 0.15) is 0 Å². The van der Waals surface area contributed by atoms with Crippen LogP contribution in [0.3, 0.4) is 0 Å². The molecule has 2 N–H and O–H groups in total. The van der Waals surface area contributed by atoms with E-state index < -0.39 is 0 Å². The van der Waals surface area contributed by atoms with E-state index in [4.69, 9.17) is 0 Å². The van der Waals surface area contributed by atoms with Gasteiger partial charge >= 0.3 is 0 Å². The number of hydrogen-bond donors (Lipinski definition) is 2. The second kappa shape index (κ2) is 7.83. The Hall–Kier alpha value is -2.33. The van der Waals surface area contributed by atoms with E-state index in [2.05, 4.69) is 49.3 Å². The van der Waals surface area contributed by atoms with Gasteiger partial charge in [-0.2, -0.15) is 0 Å². The van der Waals surface area contributed by atoms with Crippen LogP contribution in [0.25, 0.3) is 22.2 Å². The molecule has 3 heterocycles. The van der Waals surface area contributed by atoms with Gasteiger partial charge in [-0.3, -0.25) is 4.79 Å². The topological polar surface area (TPSA) is 49.8 Å². The summed E-state index contributed by atoms with van der Waals surface area (Å²) in [5.74, 6) is 1.04. The van der Waals surface area contributed by atoms with E-state index in [1.807, 2.05) is 24.6 Å². The highest BCUT2D eigenvalue weighted by Gasteiger charge is 2.22. The minimum Gasteiger partial charge on any atom is -0.354 e. The first kappa shape index (κ1) is 20.0. The molecule has 3 aromatic rings. The molecule has 0 bridgehead atoms. The van der Waals surface area contributed by atoms with Crippen LogP contribution >= 0.6 is 0 Å². The first-order valence-electron chi connectivity index (χ1n) is 11.0. The van der Waals surface area contributed by atoms with Crippen molar-refractivity contribution in [2.24, 2.45) is 0 Å². The molecule has 0 radical (unpaired) electrons. The van der Waals surface area contributed by atoms with Crippen LogP contribution in [0.1, 0.15) is 67.7 Å². The van der Waals surface area contributed by atoms with Crippen LogP contribution in [-0.2, 0) is 6.54 Å². The standard InChI is InChI=1S/C25H33N3O/c1-6-28-14-21(16(4)17(5)25(28)29)24-23(15(2)3)20-13-19(7-8-22(20)27-24)18-9-11-26-12-10-18/h7-8,13-15,18,26-27H,6,9-12H2,1-5H3. The molecule has 4 heteroatoms. The molecule has 1 saturated heterocycles. The maximum atomic E-state index is 12.6. The minimum absolute atomic E-state index is 0.115. The van der Waals surface area contributed by atoms with E-state index in [9.17, 15) is 4.79 Å². The first-order valence-corrected chi connectivity index (χ1v) is 11.0. The Kier molecular flexibility index (Phi) is 5.39. The smallest absolute Gasteiger partial charge is 0.253 e. The molecular formula is C25H33N3O. The molecule has 0 spiro atoms. The van der Waals surface area contributed by atoms with Gasteiger partial charge in [0.2, 0.25) is 0 Å². The number of aromatic nitrogens is 2. The number of piperidine rings is 1. The maximum Gasteiger partial charge on any atom is 0.253 e. The highest BCUT2D eigenvalue weighted by molar-refractivity contribution is 5.92. The third-order valence-electron chi connectivity index (χ3n) is 6.69. The Labute approximate surface area is 173 Å². The van der Waals surface area contributed by atoms with Crippen molar-refractivity contribution in [1.82, 2.24) is 14.9 Å². The Bertz CT molecular complexity index is 1100. The van der Waals surface area contributed by atoms with Gasteiger partial charge in [-0.15, -0.1) is 0 Å². The van der Waals surface area contributed by atoms with Gasteiger partial charge in [-0.1, -0.05) is 19.9 Å². The summed E-state index contributed by atoms with van der Waals surface area (Å²) in [4.78, 5) is 16.3. The van der Waals surface area contributed by atoms with Gasteiger partial charge in [0.15, 0.2) is 0 Å². The van der Waals surface area contributed by atoms with Crippen molar-refractivity contribution in [3.05, 3.63) is 57.0 Å². The van der Waals surface area contributed by atoms with Crippen LogP contribution in [0, 0.1) is 13.8 Å². The Morgan fingerprint density at radius 2 is 1.86 bits per heavy atom. The minimum atomic E-state index is 0.115. The van der Waals surface area contributed by atoms with Gasteiger partial charge in [-0.05, 0) is 87.4 Å². The van der Waals surface area contributed by atoms with Gasteiger partial charge in [0.25, 0.3) is 5.56 Å². The summed E-state index contributed by atoms with van der Waals surface area (Å²) in [5.41, 5.74) is 8.35. The summed E-state index contributed by atoms with van der Waals surface area (Å²) in [6, 6.07) is 6.96. The van der Waals surface area contributed by atoms with Crippen LogP contribution < -0.4 is 10.9 Å². The van der Waals surface area contributed by atoms with Crippen LogP contribution in [0.4, 0.5) is 0 Å². The molecule has 0 aliphatic carbocycles. The number of aromatic amines is 1. The van der Waals surface area contributed by atoms with E-state index in [1.54, 1.807) is 0 Å². The van der Waals surface area contributed by atoms with E-state index in [1.165, 1.54) is 40.6 Å². The normalized spacial score (nSPS) is 15.5. The fourth-order valence-corrected chi connectivity index (χ4v) is 4.83. The predicted molar refractivity (Wildman–Crippen MR) is 122 cm³/mol. The lowest BCUT2D eigenvalue weighted by Crippen LogP contribution is -2.26. The van der Waals surface area contributed by atoms with Crippen molar-refractivity contribution < 1.29 is 0 Å². The predicted octanol–water partition coefficient (Wildman–Crippen LogP) is 5.22. The number of nitrogens with one attached hydrogen (secondary N) is 2. The molecule has 1 fully saturated rings. The number of aryl methyl sites for hydroxylation is 1. The highest BCUT2D eigenvalue weighted by atomic mass is 16.1. The molecule has 0 amide bonds. The van der Waals surface area contributed by atoms with Gasteiger partial charge < -0.3 is 14.9 Å². The number of rotatable bonds is 4. The quantitative estimate of drug-likeness (QED) is 0.640. The van der Waals surface area contributed by atoms with Crippen molar-refractivity contribution in [2.75, 3.05) is 13.1 Å². The number of benzene rings is 1.